The molecule has 0 heterocycles. The highest BCUT2D eigenvalue weighted by Gasteiger charge is 2.16. The lowest BCUT2D eigenvalue weighted by molar-refractivity contribution is -0.161. The van der Waals surface area contributed by atoms with Gasteiger partial charge in [-0.25, -0.2) is 0 Å². The van der Waals surface area contributed by atoms with Crippen molar-refractivity contribution in [1.82, 2.24) is 0 Å². The fourth-order valence-corrected chi connectivity index (χ4v) is 12.6. The Balaban J connectivity index is 3.35. The van der Waals surface area contributed by atoms with Gasteiger partial charge in [0.05, 0.1) is 6.61 Å². The van der Waals surface area contributed by atoms with Gasteiger partial charge in [0.15, 0.2) is 6.10 Å². The lowest BCUT2D eigenvalue weighted by Crippen LogP contribution is -2.28. The van der Waals surface area contributed by atoms with E-state index in [1.807, 2.05) is 0 Å². The van der Waals surface area contributed by atoms with Crippen LogP contribution in [0.1, 0.15) is 457 Å². The number of esters is 2. The van der Waals surface area contributed by atoms with Gasteiger partial charge < -0.3 is 14.6 Å². The third-order valence-electron chi connectivity index (χ3n) is 18.5. The topological polar surface area (TPSA) is 72.8 Å². The molecule has 0 aliphatic rings. The summed E-state index contributed by atoms with van der Waals surface area (Å²) in [5.41, 5.74) is 0. The fraction of sp³-hybridized carbons (Fsp3) is 0.925. The molecule has 5 nitrogen and oxygen atoms in total. The van der Waals surface area contributed by atoms with Crippen molar-refractivity contribution in [3.05, 3.63) is 24.3 Å². The molecule has 0 aliphatic carbocycles. The number of allylic oxidation sites excluding steroid dienone is 4. The first-order chi connectivity index (χ1) is 42.1. The molecule has 0 aliphatic heterocycles. The number of carbonyl (C=O) groups is 2. The number of carbonyl (C=O) groups excluding carboxylic acids is 2. The first-order valence-electron chi connectivity index (χ1n) is 39.4. The molecule has 1 atom stereocenters. The van der Waals surface area contributed by atoms with Crippen LogP contribution < -0.4 is 0 Å². The quantitative estimate of drug-likeness (QED) is 0.0373. The van der Waals surface area contributed by atoms with Gasteiger partial charge in [0.25, 0.3) is 0 Å². The maximum absolute atomic E-state index is 12.4. The van der Waals surface area contributed by atoms with Gasteiger partial charge in [-0.15, -0.1) is 0 Å². The Kier molecular flexibility index (Phi) is 75.2. The summed E-state index contributed by atoms with van der Waals surface area (Å²) in [4.78, 5) is 24.7. The second kappa shape index (κ2) is 76.6. The van der Waals surface area contributed by atoms with E-state index in [2.05, 4.69) is 38.2 Å². The van der Waals surface area contributed by atoms with Crippen LogP contribution in [-0.2, 0) is 19.1 Å². The van der Waals surface area contributed by atoms with E-state index in [4.69, 9.17) is 9.47 Å². The Morgan fingerprint density at radius 1 is 0.271 bits per heavy atom. The van der Waals surface area contributed by atoms with E-state index < -0.39 is 6.10 Å². The van der Waals surface area contributed by atoms with Crippen LogP contribution in [0.4, 0.5) is 0 Å². The summed E-state index contributed by atoms with van der Waals surface area (Å²) >= 11 is 0. The molecule has 0 aromatic heterocycles. The lowest BCUT2D eigenvalue weighted by atomic mass is 10.0. The van der Waals surface area contributed by atoms with Crippen molar-refractivity contribution in [2.45, 2.75) is 463 Å². The van der Waals surface area contributed by atoms with Crippen LogP contribution in [0.2, 0.25) is 0 Å². The first-order valence-corrected chi connectivity index (χ1v) is 39.4. The molecular formula is C80H154O5. The highest BCUT2D eigenvalue weighted by molar-refractivity contribution is 5.70. The molecule has 0 saturated carbocycles. The lowest BCUT2D eigenvalue weighted by Gasteiger charge is -2.15. The minimum atomic E-state index is -0.768. The van der Waals surface area contributed by atoms with E-state index in [0.717, 1.165) is 38.5 Å². The van der Waals surface area contributed by atoms with Crippen LogP contribution in [-0.4, -0.2) is 36.4 Å². The van der Waals surface area contributed by atoms with Crippen LogP contribution in [0.25, 0.3) is 0 Å². The molecule has 0 saturated heterocycles. The molecule has 0 radical (unpaired) electrons. The number of hydrogen-bond acceptors (Lipinski definition) is 5. The van der Waals surface area contributed by atoms with Crippen LogP contribution in [0, 0.1) is 0 Å². The van der Waals surface area contributed by atoms with Crippen molar-refractivity contribution < 1.29 is 24.2 Å². The molecule has 5 heteroatoms. The Hall–Kier alpha value is -1.62. The molecular weight excluding hydrogens is 1040 g/mol. The molecule has 0 bridgehead atoms. The van der Waals surface area contributed by atoms with E-state index in [1.54, 1.807) is 0 Å². The number of aliphatic hydroxyl groups excluding tert-OH is 1. The minimum Gasteiger partial charge on any atom is -0.462 e. The third kappa shape index (κ3) is 74.8. The van der Waals surface area contributed by atoms with Gasteiger partial charge >= 0.3 is 11.9 Å². The molecule has 1 N–H and O–H groups in total. The normalized spacial score (nSPS) is 12.2. The van der Waals surface area contributed by atoms with Crippen LogP contribution in [0.5, 0.6) is 0 Å². The zero-order chi connectivity index (χ0) is 61.2. The Bertz CT molecular complexity index is 1310. The van der Waals surface area contributed by atoms with Crippen molar-refractivity contribution >= 4 is 11.9 Å². The van der Waals surface area contributed by atoms with Crippen LogP contribution in [0.15, 0.2) is 24.3 Å². The largest absolute Gasteiger partial charge is 0.462 e. The number of unbranched alkanes of at least 4 members (excludes halogenated alkanes) is 63. The maximum atomic E-state index is 12.4. The number of ether oxygens (including phenoxy) is 2. The summed E-state index contributed by atoms with van der Waals surface area (Å²) in [6, 6.07) is 0. The first kappa shape index (κ1) is 83.4. The summed E-state index contributed by atoms with van der Waals surface area (Å²) in [6.07, 6.45) is 101. The monoisotopic (exact) mass is 1200 g/mol. The second-order valence-corrected chi connectivity index (χ2v) is 27.2. The van der Waals surface area contributed by atoms with E-state index in [-0.39, 0.29) is 25.2 Å². The second-order valence-electron chi connectivity index (χ2n) is 27.2. The molecule has 0 rings (SSSR count). The zero-order valence-electron chi connectivity index (χ0n) is 58.2. The van der Waals surface area contributed by atoms with Gasteiger partial charge in [0.2, 0.25) is 0 Å². The van der Waals surface area contributed by atoms with Gasteiger partial charge in [-0.3, -0.25) is 9.59 Å². The summed E-state index contributed by atoms with van der Waals surface area (Å²) in [6.45, 7) is 4.21. The number of hydrogen-bond donors (Lipinski definition) is 1. The molecule has 0 aromatic rings. The Morgan fingerprint density at radius 2 is 0.471 bits per heavy atom. The minimum absolute atomic E-state index is 0.0568. The zero-order valence-corrected chi connectivity index (χ0v) is 58.2. The van der Waals surface area contributed by atoms with E-state index in [0.29, 0.717) is 12.8 Å². The van der Waals surface area contributed by atoms with Crippen molar-refractivity contribution in [3.8, 4) is 0 Å². The predicted molar refractivity (Wildman–Crippen MR) is 376 cm³/mol. The Labute approximate surface area is 534 Å². The van der Waals surface area contributed by atoms with Gasteiger partial charge in [0.1, 0.15) is 6.61 Å². The van der Waals surface area contributed by atoms with Crippen molar-refractivity contribution in [1.29, 1.82) is 0 Å². The summed E-state index contributed by atoms with van der Waals surface area (Å²) in [7, 11) is 0. The Morgan fingerprint density at radius 3 is 0.694 bits per heavy atom. The molecule has 1 unspecified atom stereocenters. The average molecular weight is 1200 g/mol. The number of rotatable bonds is 75. The number of aliphatic hydroxyl groups is 1. The van der Waals surface area contributed by atoms with E-state index in [9.17, 15) is 14.7 Å². The van der Waals surface area contributed by atoms with Crippen molar-refractivity contribution in [2.24, 2.45) is 0 Å². The van der Waals surface area contributed by atoms with Gasteiger partial charge in [-0.2, -0.15) is 0 Å². The molecule has 0 amide bonds. The summed E-state index contributed by atoms with van der Waals surface area (Å²) in [5.74, 6) is -0.559. The SMILES string of the molecule is CCCCCCC/C=C\C/C=C\CCCCCCCCCCCCCCCCCCCCCCCCCCCC(=O)OC(CO)COC(=O)CCCCCCCCCCCCCCCCCCCCCCCCCCCCCCCCCCCC. The van der Waals surface area contributed by atoms with Crippen molar-refractivity contribution in [3.63, 3.8) is 0 Å². The van der Waals surface area contributed by atoms with E-state index in [1.165, 1.54) is 392 Å². The smallest absolute Gasteiger partial charge is 0.306 e. The standard InChI is InChI=1S/C80H154O5/c1-3-5-7-9-11-13-15-17-19-21-23-25-27-29-31-33-35-37-39-40-41-43-45-47-49-51-53-55-57-59-61-63-65-67-69-71-73-75-80(83)85-78(76-81)77-84-79(82)74-72-70-68-66-64-62-60-58-56-54-52-50-48-46-44-42-38-36-34-32-30-28-26-24-22-20-18-16-14-12-10-8-6-4-2/h15,17,21,23,78,81H,3-14,16,18-20,22,24-77H2,1-2H3/b17-15-,23-21-. The van der Waals surface area contributed by atoms with Crippen LogP contribution in [0.3, 0.4) is 0 Å². The molecule has 0 fully saturated rings. The highest BCUT2D eigenvalue weighted by atomic mass is 16.6. The van der Waals surface area contributed by atoms with Crippen molar-refractivity contribution in [2.75, 3.05) is 13.2 Å². The predicted octanol–water partition coefficient (Wildman–Crippen LogP) is 27.5. The average Bonchev–Trinajstić information content (AvgIpc) is 3.52. The maximum Gasteiger partial charge on any atom is 0.306 e. The molecule has 85 heavy (non-hydrogen) atoms. The third-order valence-corrected chi connectivity index (χ3v) is 18.5. The summed E-state index contributed by atoms with van der Waals surface area (Å²) < 4.78 is 10.8. The molecule has 0 spiro atoms. The van der Waals surface area contributed by atoms with E-state index >= 15 is 0 Å². The van der Waals surface area contributed by atoms with Crippen LogP contribution >= 0.6 is 0 Å². The van der Waals surface area contributed by atoms with Gasteiger partial charge in [0, 0.05) is 12.8 Å². The summed E-state index contributed by atoms with van der Waals surface area (Å²) in [5, 5.41) is 9.72. The molecule has 504 valence electrons. The van der Waals surface area contributed by atoms with Gasteiger partial charge in [-0.05, 0) is 44.9 Å². The van der Waals surface area contributed by atoms with Gasteiger partial charge in [-0.1, -0.05) is 423 Å². The molecule has 0 aromatic carbocycles. The highest BCUT2D eigenvalue weighted by Crippen LogP contribution is 2.20. The fourth-order valence-electron chi connectivity index (χ4n) is 12.6.